The van der Waals surface area contributed by atoms with Gasteiger partial charge in [-0.15, -0.1) is 11.3 Å². The number of carboxylic acids is 1. The first-order valence-electron chi connectivity index (χ1n) is 7.87. The lowest BCUT2D eigenvalue weighted by Gasteiger charge is -2.44. The highest BCUT2D eigenvalue weighted by Gasteiger charge is 2.57. The number of aryl methyl sites for hydroxylation is 1. The zero-order chi connectivity index (χ0) is 17.2. The lowest BCUT2D eigenvalue weighted by molar-refractivity contribution is -0.161. The Morgan fingerprint density at radius 3 is 2.92 bits per heavy atom. The van der Waals surface area contributed by atoms with Gasteiger partial charge in [0.05, 0.1) is 29.5 Å². The number of carboxylic acid groups (broad SMARTS) is 1. The third-order valence-corrected chi connectivity index (χ3v) is 5.91. The maximum absolute atomic E-state index is 12.3. The number of aliphatic hydroxyl groups is 1. The van der Waals surface area contributed by atoms with Gasteiger partial charge in [0.1, 0.15) is 16.9 Å². The van der Waals surface area contributed by atoms with Gasteiger partial charge in [0.25, 0.3) is 0 Å². The smallest absolute Gasteiger partial charge is 0.352 e. The van der Waals surface area contributed by atoms with Gasteiger partial charge in [-0.25, -0.2) is 9.78 Å². The molecule has 7 nitrogen and oxygen atoms in total. The highest BCUT2D eigenvalue weighted by molar-refractivity contribution is 7.15. The van der Waals surface area contributed by atoms with Gasteiger partial charge in [-0.05, 0) is 19.8 Å². The van der Waals surface area contributed by atoms with E-state index in [1.54, 1.807) is 13.3 Å². The van der Waals surface area contributed by atoms with E-state index in [4.69, 9.17) is 0 Å². The largest absolute Gasteiger partial charge is 0.477 e. The van der Waals surface area contributed by atoms with Crippen LogP contribution in [0.15, 0.2) is 17.4 Å². The number of aliphatic carboxylic acids is 1. The Balaban J connectivity index is 1.83. The van der Waals surface area contributed by atoms with Crippen LogP contribution in [-0.4, -0.2) is 48.5 Å². The number of carbonyl (C=O) groups is 2. The van der Waals surface area contributed by atoms with Crippen molar-refractivity contribution < 1.29 is 19.8 Å². The van der Waals surface area contributed by atoms with Crippen LogP contribution in [0.5, 0.6) is 0 Å². The average molecular weight is 347 g/mol. The van der Waals surface area contributed by atoms with E-state index in [2.05, 4.69) is 4.98 Å². The lowest BCUT2D eigenvalue weighted by atomic mass is 9.83. The predicted octanol–water partition coefficient (Wildman–Crippen LogP) is 1.37. The van der Waals surface area contributed by atoms with Gasteiger partial charge < -0.3 is 15.1 Å². The minimum absolute atomic E-state index is 0.0355. The van der Waals surface area contributed by atoms with Gasteiger partial charge in [-0.1, -0.05) is 6.92 Å². The first kappa shape index (κ1) is 15.3. The molecular weight excluding hydrogens is 330 g/mol. The Morgan fingerprint density at radius 2 is 2.29 bits per heavy atom. The highest BCUT2D eigenvalue weighted by Crippen LogP contribution is 2.47. The van der Waals surface area contributed by atoms with Crippen LogP contribution in [0.25, 0.3) is 10.4 Å². The van der Waals surface area contributed by atoms with Crippen LogP contribution in [-0.2, 0) is 16.0 Å². The summed E-state index contributed by atoms with van der Waals surface area (Å²) in [5.74, 6) is -1.95. The molecule has 3 atom stereocenters. The number of rotatable bonds is 4. The third kappa shape index (κ3) is 1.83. The van der Waals surface area contributed by atoms with E-state index in [9.17, 15) is 19.8 Å². The third-order valence-electron chi connectivity index (χ3n) is 4.91. The quantitative estimate of drug-likeness (QED) is 0.815. The standard InChI is InChI=1S/C16H17N3O4S/c1-3-9-15-18(6-17-9)11(5-24-15)8-4-10-12(7(2)20)14(21)19(10)13(8)16(22)23/h5-7,10,12,20H,3-4H2,1-2H3,(H,22,23)/t7-,10-,12-/m1/s1. The minimum Gasteiger partial charge on any atom is -0.477 e. The molecule has 24 heavy (non-hydrogen) atoms. The number of β-lactam (4-membered cyclic amide) rings is 1. The summed E-state index contributed by atoms with van der Waals surface area (Å²) >= 11 is 1.52. The van der Waals surface area contributed by atoms with Gasteiger partial charge in [0, 0.05) is 11.0 Å². The first-order valence-corrected chi connectivity index (χ1v) is 8.75. The second kappa shape index (κ2) is 5.15. The SMILES string of the molecule is CCc1ncn2c(C3=C(C(=O)O)N4C(=O)[C@H]([C@@H](C)O)[C@H]4C3)csc12. The average Bonchev–Trinajstić information content (AvgIpc) is 3.17. The van der Waals surface area contributed by atoms with Crippen molar-refractivity contribution >= 4 is 33.6 Å². The summed E-state index contributed by atoms with van der Waals surface area (Å²) in [6.07, 6.45) is 2.17. The summed E-state index contributed by atoms with van der Waals surface area (Å²) < 4.78 is 1.90. The minimum atomic E-state index is -1.11. The van der Waals surface area contributed by atoms with Crippen molar-refractivity contribution in [3.63, 3.8) is 0 Å². The number of fused-ring (bicyclic) bond motifs is 2. The van der Waals surface area contributed by atoms with Crippen LogP contribution < -0.4 is 0 Å². The number of hydrogen-bond donors (Lipinski definition) is 2. The topological polar surface area (TPSA) is 95.1 Å². The molecule has 1 saturated heterocycles. The molecular formula is C16H17N3O4S. The summed E-state index contributed by atoms with van der Waals surface area (Å²) in [7, 11) is 0. The molecule has 0 unspecified atom stereocenters. The predicted molar refractivity (Wildman–Crippen MR) is 87.4 cm³/mol. The molecule has 1 fully saturated rings. The van der Waals surface area contributed by atoms with E-state index in [0.717, 1.165) is 22.6 Å². The fourth-order valence-electron chi connectivity index (χ4n) is 3.80. The maximum Gasteiger partial charge on any atom is 0.352 e. The van der Waals surface area contributed by atoms with E-state index < -0.39 is 18.0 Å². The van der Waals surface area contributed by atoms with Crippen molar-refractivity contribution in [1.82, 2.24) is 14.3 Å². The molecule has 2 aromatic rings. The molecule has 4 rings (SSSR count). The molecule has 2 N–H and O–H groups in total. The molecule has 0 radical (unpaired) electrons. The number of aromatic nitrogens is 2. The first-order chi connectivity index (χ1) is 11.5. The second-order valence-electron chi connectivity index (χ2n) is 6.22. The van der Waals surface area contributed by atoms with Gasteiger partial charge >= 0.3 is 5.97 Å². The number of nitrogens with zero attached hydrogens (tertiary/aromatic N) is 3. The highest BCUT2D eigenvalue weighted by atomic mass is 32.1. The van der Waals surface area contributed by atoms with Crippen molar-refractivity contribution in [2.45, 2.75) is 38.8 Å². The van der Waals surface area contributed by atoms with Crippen molar-refractivity contribution in [2.24, 2.45) is 5.92 Å². The fourth-order valence-corrected chi connectivity index (χ4v) is 4.87. The van der Waals surface area contributed by atoms with Crippen molar-refractivity contribution in [3.8, 4) is 0 Å². The van der Waals surface area contributed by atoms with Crippen LogP contribution in [0, 0.1) is 5.92 Å². The Bertz CT molecular complexity index is 894. The Hall–Kier alpha value is -2.19. The van der Waals surface area contributed by atoms with Crippen LogP contribution in [0.1, 0.15) is 31.7 Å². The lowest BCUT2D eigenvalue weighted by Crippen LogP contribution is -2.61. The Morgan fingerprint density at radius 1 is 1.54 bits per heavy atom. The molecule has 0 aliphatic carbocycles. The molecule has 0 aromatic carbocycles. The molecule has 4 heterocycles. The molecule has 8 heteroatoms. The molecule has 1 amide bonds. The summed E-state index contributed by atoms with van der Waals surface area (Å²) in [5.41, 5.74) is 2.41. The van der Waals surface area contributed by atoms with Crippen molar-refractivity contribution in [1.29, 1.82) is 0 Å². The Labute approximate surface area is 141 Å². The molecule has 2 aliphatic rings. The number of aliphatic hydroxyl groups excluding tert-OH is 1. The van der Waals surface area contributed by atoms with E-state index in [1.165, 1.54) is 16.2 Å². The maximum atomic E-state index is 12.3. The summed E-state index contributed by atoms with van der Waals surface area (Å²) in [6, 6.07) is -0.275. The van der Waals surface area contributed by atoms with Crippen LogP contribution in [0.4, 0.5) is 0 Å². The van der Waals surface area contributed by atoms with E-state index in [0.29, 0.717) is 12.0 Å². The monoisotopic (exact) mass is 347 g/mol. The summed E-state index contributed by atoms with van der Waals surface area (Å²) in [4.78, 5) is 30.8. The Kier molecular flexibility index (Phi) is 3.29. The van der Waals surface area contributed by atoms with Crippen LogP contribution >= 0.6 is 11.3 Å². The molecule has 0 bridgehead atoms. The summed E-state index contributed by atoms with van der Waals surface area (Å²) in [5, 5.41) is 21.4. The molecule has 0 spiro atoms. The zero-order valence-electron chi connectivity index (χ0n) is 13.3. The molecule has 0 saturated carbocycles. The van der Waals surface area contributed by atoms with Gasteiger partial charge in [0.15, 0.2) is 0 Å². The van der Waals surface area contributed by atoms with Crippen LogP contribution in [0.2, 0.25) is 0 Å². The van der Waals surface area contributed by atoms with E-state index in [1.807, 2.05) is 16.7 Å². The number of carbonyl (C=O) groups excluding carboxylic acids is 1. The van der Waals surface area contributed by atoms with Gasteiger partial charge in [-0.3, -0.25) is 9.20 Å². The van der Waals surface area contributed by atoms with Crippen molar-refractivity contribution in [3.05, 3.63) is 28.8 Å². The zero-order valence-corrected chi connectivity index (χ0v) is 14.1. The molecule has 126 valence electrons. The number of amides is 1. The second-order valence-corrected chi connectivity index (χ2v) is 7.08. The molecule has 2 aliphatic heterocycles. The number of thiazole rings is 1. The van der Waals surface area contributed by atoms with Crippen molar-refractivity contribution in [2.75, 3.05) is 0 Å². The number of hydrogen-bond acceptors (Lipinski definition) is 5. The van der Waals surface area contributed by atoms with E-state index >= 15 is 0 Å². The molecule has 2 aromatic heterocycles. The summed E-state index contributed by atoms with van der Waals surface area (Å²) in [6.45, 7) is 3.60. The van der Waals surface area contributed by atoms with Gasteiger partial charge in [-0.2, -0.15) is 0 Å². The number of imidazole rings is 1. The van der Waals surface area contributed by atoms with Crippen LogP contribution in [0.3, 0.4) is 0 Å². The fraction of sp³-hybridized carbons (Fsp3) is 0.438. The normalized spacial score (nSPS) is 24.5. The van der Waals surface area contributed by atoms with E-state index in [-0.39, 0.29) is 17.6 Å². The van der Waals surface area contributed by atoms with Gasteiger partial charge in [0.2, 0.25) is 5.91 Å².